The summed E-state index contributed by atoms with van der Waals surface area (Å²) >= 11 is 0. The van der Waals surface area contributed by atoms with Crippen LogP contribution < -0.4 is 14.2 Å². The predicted octanol–water partition coefficient (Wildman–Crippen LogP) is 3.20. The number of pyridine rings is 1. The van der Waals surface area contributed by atoms with Crippen LogP contribution in [0.3, 0.4) is 0 Å². The second kappa shape index (κ2) is 5.40. The van der Waals surface area contributed by atoms with E-state index in [0.717, 1.165) is 11.3 Å². The van der Waals surface area contributed by atoms with Crippen molar-refractivity contribution in [1.29, 1.82) is 0 Å². The molecule has 0 spiro atoms. The van der Waals surface area contributed by atoms with Gasteiger partial charge in [-0.05, 0) is 42.8 Å². The van der Waals surface area contributed by atoms with Crippen molar-refractivity contribution < 1.29 is 14.2 Å². The fourth-order valence-electron chi connectivity index (χ4n) is 1.60. The predicted molar refractivity (Wildman–Crippen MR) is 68.6 cm³/mol. The molecule has 0 atom stereocenters. The Morgan fingerprint density at radius 1 is 0.889 bits per heavy atom. The zero-order valence-electron chi connectivity index (χ0n) is 10.6. The summed E-state index contributed by atoms with van der Waals surface area (Å²) in [5.41, 5.74) is 0.982. The lowest BCUT2D eigenvalue weighted by Gasteiger charge is -2.11. The summed E-state index contributed by atoms with van der Waals surface area (Å²) in [4.78, 5) is 4.17. The minimum absolute atomic E-state index is 0.461. The van der Waals surface area contributed by atoms with E-state index in [0.29, 0.717) is 17.4 Å². The highest BCUT2D eigenvalue weighted by molar-refractivity contribution is 5.43. The van der Waals surface area contributed by atoms with Crippen LogP contribution in [0.1, 0.15) is 5.56 Å². The summed E-state index contributed by atoms with van der Waals surface area (Å²) < 4.78 is 16.1. The van der Waals surface area contributed by atoms with Gasteiger partial charge in [-0.15, -0.1) is 0 Å². The van der Waals surface area contributed by atoms with Crippen molar-refractivity contribution >= 4 is 0 Å². The van der Waals surface area contributed by atoms with Gasteiger partial charge in [0.2, 0.25) is 0 Å². The minimum Gasteiger partial charge on any atom is -0.497 e. The molecule has 1 aromatic heterocycles. The molecule has 0 unspecified atom stereocenters. The number of methoxy groups -OCH3 is 2. The Balaban J connectivity index is 2.25. The Kier molecular flexibility index (Phi) is 3.67. The average Bonchev–Trinajstić information content (AvgIpc) is 2.40. The highest BCUT2D eigenvalue weighted by atomic mass is 16.5. The van der Waals surface area contributed by atoms with Crippen LogP contribution in [-0.2, 0) is 0 Å². The van der Waals surface area contributed by atoms with Crippen molar-refractivity contribution in [3.05, 3.63) is 42.1 Å². The standard InChI is InChI=1S/C14H15NO3/c1-10-8-9-15-14(13(10)17-3)18-12-6-4-11(16-2)5-7-12/h4-9H,1-3H3. The van der Waals surface area contributed by atoms with Gasteiger partial charge in [-0.3, -0.25) is 0 Å². The number of ether oxygens (including phenoxy) is 3. The molecule has 0 radical (unpaired) electrons. The van der Waals surface area contributed by atoms with Gasteiger partial charge < -0.3 is 14.2 Å². The zero-order chi connectivity index (χ0) is 13.0. The maximum absolute atomic E-state index is 5.69. The lowest BCUT2D eigenvalue weighted by molar-refractivity contribution is 0.366. The third-order valence-corrected chi connectivity index (χ3v) is 2.55. The number of benzene rings is 1. The molecule has 0 amide bonds. The molecule has 0 fully saturated rings. The van der Waals surface area contributed by atoms with Gasteiger partial charge in [0.1, 0.15) is 11.5 Å². The normalized spacial score (nSPS) is 9.94. The molecule has 1 aromatic carbocycles. The van der Waals surface area contributed by atoms with Crippen LogP contribution in [-0.4, -0.2) is 19.2 Å². The molecule has 4 nitrogen and oxygen atoms in total. The van der Waals surface area contributed by atoms with E-state index in [1.165, 1.54) is 0 Å². The fraction of sp³-hybridized carbons (Fsp3) is 0.214. The summed E-state index contributed by atoms with van der Waals surface area (Å²) in [6.45, 7) is 1.95. The van der Waals surface area contributed by atoms with E-state index >= 15 is 0 Å². The third-order valence-electron chi connectivity index (χ3n) is 2.55. The van der Waals surface area contributed by atoms with E-state index in [4.69, 9.17) is 14.2 Å². The molecule has 0 saturated heterocycles. The lowest BCUT2D eigenvalue weighted by Crippen LogP contribution is -1.95. The van der Waals surface area contributed by atoms with Gasteiger partial charge in [0.25, 0.3) is 5.88 Å². The maximum atomic E-state index is 5.69. The highest BCUT2D eigenvalue weighted by Gasteiger charge is 2.09. The first kappa shape index (κ1) is 12.2. The molecule has 0 N–H and O–H groups in total. The van der Waals surface area contributed by atoms with Crippen molar-refractivity contribution in [2.75, 3.05) is 14.2 Å². The first-order chi connectivity index (χ1) is 8.74. The molecule has 4 heteroatoms. The van der Waals surface area contributed by atoms with Crippen LogP contribution >= 0.6 is 0 Å². The number of aromatic nitrogens is 1. The van der Waals surface area contributed by atoms with Crippen LogP contribution in [0.15, 0.2) is 36.5 Å². The summed E-state index contributed by atoms with van der Waals surface area (Å²) in [6, 6.07) is 9.18. The van der Waals surface area contributed by atoms with E-state index in [-0.39, 0.29) is 0 Å². The summed E-state index contributed by atoms with van der Waals surface area (Å²) in [6.07, 6.45) is 1.69. The first-order valence-electron chi connectivity index (χ1n) is 5.56. The molecule has 0 saturated carbocycles. The molecular weight excluding hydrogens is 230 g/mol. The maximum Gasteiger partial charge on any atom is 0.262 e. The van der Waals surface area contributed by atoms with Gasteiger partial charge in [0.15, 0.2) is 5.75 Å². The van der Waals surface area contributed by atoms with Crippen molar-refractivity contribution in [3.63, 3.8) is 0 Å². The van der Waals surface area contributed by atoms with Gasteiger partial charge in [0.05, 0.1) is 14.2 Å². The largest absolute Gasteiger partial charge is 0.497 e. The van der Waals surface area contributed by atoms with E-state index in [1.54, 1.807) is 20.4 Å². The van der Waals surface area contributed by atoms with E-state index in [1.807, 2.05) is 37.3 Å². The minimum atomic E-state index is 0.461. The fourth-order valence-corrected chi connectivity index (χ4v) is 1.60. The number of aryl methyl sites for hydroxylation is 1. The number of hydrogen-bond acceptors (Lipinski definition) is 4. The summed E-state index contributed by atoms with van der Waals surface area (Å²) in [7, 11) is 3.23. The molecule has 1 heterocycles. The summed E-state index contributed by atoms with van der Waals surface area (Å²) in [5.74, 6) is 2.58. The van der Waals surface area contributed by atoms with Gasteiger partial charge >= 0.3 is 0 Å². The Hall–Kier alpha value is -2.23. The Bertz CT molecular complexity index is 523. The molecule has 0 aliphatic rings. The third kappa shape index (κ3) is 2.53. The SMILES string of the molecule is COc1ccc(Oc2nccc(C)c2OC)cc1. The van der Waals surface area contributed by atoms with Crippen LogP contribution in [0.2, 0.25) is 0 Å². The molecule has 2 rings (SSSR count). The zero-order valence-corrected chi connectivity index (χ0v) is 10.6. The van der Waals surface area contributed by atoms with Crippen LogP contribution in [0.4, 0.5) is 0 Å². The van der Waals surface area contributed by atoms with Crippen molar-refractivity contribution in [3.8, 4) is 23.1 Å². The van der Waals surface area contributed by atoms with Crippen molar-refractivity contribution in [1.82, 2.24) is 4.98 Å². The monoisotopic (exact) mass is 245 g/mol. The van der Waals surface area contributed by atoms with Crippen molar-refractivity contribution in [2.24, 2.45) is 0 Å². The van der Waals surface area contributed by atoms with Crippen LogP contribution in [0.5, 0.6) is 23.1 Å². The topological polar surface area (TPSA) is 40.6 Å². The first-order valence-corrected chi connectivity index (χ1v) is 5.56. The molecule has 0 bridgehead atoms. The second-order valence-electron chi connectivity index (χ2n) is 3.74. The highest BCUT2D eigenvalue weighted by Crippen LogP contribution is 2.32. The summed E-state index contributed by atoms with van der Waals surface area (Å²) in [5, 5.41) is 0. The molecule has 18 heavy (non-hydrogen) atoms. The number of hydrogen-bond donors (Lipinski definition) is 0. The van der Waals surface area contributed by atoms with E-state index < -0.39 is 0 Å². The lowest BCUT2D eigenvalue weighted by atomic mass is 10.3. The Morgan fingerprint density at radius 2 is 1.56 bits per heavy atom. The van der Waals surface area contributed by atoms with E-state index in [9.17, 15) is 0 Å². The molecular formula is C14H15NO3. The Morgan fingerprint density at radius 3 is 2.17 bits per heavy atom. The molecule has 0 aliphatic heterocycles. The molecule has 0 aliphatic carbocycles. The Labute approximate surface area is 106 Å². The molecule has 94 valence electrons. The smallest absolute Gasteiger partial charge is 0.262 e. The average molecular weight is 245 g/mol. The van der Waals surface area contributed by atoms with Gasteiger partial charge in [-0.2, -0.15) is 0 Å². The number of nitrogens with zero attached hydrogens (tertiary/aromatic N) is 1. The van der Waals surface area contributed by atoms with Gasteiger partial charge in [-0.25, -0.2) is 4.98 Å². The van der Waals surface area contributed by atoms with E-state index in [2.05, 4.69) is 4.98 Å². The van der Waals surface area contributed by atoms with Gasteiger partial charge in [0, 0.05) is 6.20 Å². The van der Waals surface area contributed by atoms with Gasteiger partial charge in [-0.1, -0.05) is 0 Å². The quantitative estimate of drug-likeness (QED) is 0.829. The van der Waals surface area contributed by atoms with Crippen LogP contribution in [0.25, 0.3) is 0 Å². The second-order valence-corrected chi connectivity index (χ2v) is 3.74. The van der Waals surface area contributed by atoms with Crippen LogP contribution in [0, 0.1) is 6.92 Å². The molecule has 2 aromatic rings. The van der Waals surface area contributed by atoms with Crippen molar-refractivity contribution in [2.45, 2.75) is 6.92 Å². The number of rotatable bonds is 4.